The van der Waals surface area contributed by atoms with Gasteiger partial charge >= 0.3 is 0 Å². The van der Waals surface area contributed by atoms with Crippen LogP contribution in [0.3, 0.4) is 0 Å². The van der Waals surface area contributed by atoms with E-state index >= 15 is 0 Å². The van der Waals surface area contributed by atoms with Crippen molar-refractivity contribution in [2.24, 2.45) is 0 Å². The Balaban J connectivity index is 1.33. The molecule has 4 rings (SSSR count). The van der Waals surface area contributed by atoms with Crippen molar-refractivity contribution in [1.29, 1.82) is 0 Å². The molecule has 1 aromatic heterocycles. The van der Waals surface area contributed by atoms with Gasteiger partial charge in [0.2, 0.25) is 5.91 Å². The molecule has 1 aliphatic carbocycles. The Morgan fingerprint density at radius 1 is 1.19 bits per heavy atom. The minimum absolute atomic E-state index is 0.0507. The highest BCUT2D eigenvalue weighted by Crippen LogP contribution is 2.26. The summed E-state index contributed by atoms with van der Waals surface area (Å²) in [5.41, 5.74) is 0.557. The molecule has 1 amide bonds. The highest BCUT2D eigenvalue weighted by Gasteiger charge is 2.34. The molecule has 1 N–H and O–H groups in total. The fourth-order valence-corrected chi connectivity index (χ4v) is 3.78. The number of nitrogens with one attached hydrogen (secondary N) is 1. The molecule has 0 radical (unpaired) electrons. The summed E-state index contributed by atoms with van der Waals surface area (Å²) < 4.78 is 13.0. The van der Waals surface area contributed by atoms with Gasteiger partial charge in [-0.25, -0.2) is 4.98 Å². The molecule has 1 saturated carbocycles. The lowest BCUT2D eigenvalue weighted by Crippen LogP contribution is -2.49. The second-order valence-corrected chi connectivity index (χ2v) is 6.91. The van der Waals surface area contributed by atoms with Crippen LogP contribution in [-0.2, 0) is 20.8 Å². The summed E-state index contributed by atoms with van der Waals surface area (Å²) in [4.78, 5) is 29.0. The van der Waals surface area contributed by atoms with Crippen LogP contribution >= 0.6 is 0 Å². The normalized spacial score (nSPS) is 25.6. The van der Waals surface area contributed by atoms with E-state index in [0.717, 1.165) is 19.3 Å². The number of hydrogen-bond acceptors (Lipinski definition) is 5. The van der Waals surface area contributed by atoms with Gasteiger partial charge in [-0.2, -0.15) is 0 Å². The smallest absolute Gasteiger partial charge is 0.261 e. The average molecular weight is 357 g/mol. The van der Waals surface area contributed by atoms with Gasteiger partial charge in [0.15, 0.2) is 0 Å². The zero-order valence-corrected chi connectivity index (χ0v) is 14.6. The van der Waals surface area contributed by atoms with Crippen LogP contribution in [0.4, 0.5) is 0 Å². The van der Waals surface area contributed by atoms with Crippen molar-refractivity contribution in [1.82, 2.24) is 14.9 Å². The van der Waals surface area contributed by atoms with Crippen molar-refractivity contribution in [2.45, 2.75) is 50.5 Å². The predicted octanol–water partition coefficient (Wildman–Crippen LogP) is 1.24. The number of para-hydroxylation sites is 1. The van der Waals surface area contributed by atoms with Crippen LogP contribution in [0, 0.1) is 0 Å². The Morgan fingerprint density at radius 2 is 2.00 bits per heavy atom. The molecule has 0 bridgehead atoms. The van der Waals surface area contributed by atoms with Gasteiger partial charge in [0.1, 0.15) is 0 Å². The van der Waals surface area contributed by atoms with E-state index in [-0.39, 0.29) is 36.1 Å². The van der Waals surface area contributed by atoms with E-state index in [0.29, 0.717) is 30.7 Å². The van der Waals surface area contributed by atoms with Gasteiger partial charge in [-0.15, -0.1) is 0 Å². The minimum Gasteiger partial charge on any atom is -0.373 e. The van der Waals surface area contributed by atoms with E-state index in [1.54, 1.807) is 12.1 Å². The highest BCUT2D eigenvalue weighted by molar-refractivity contribution is 5.77. The fraction of sp³-hybridized carbons (Fsp3) is 0.526. The Kier molecular flexibility index (Phi) is 4.99. The maximum absolute atomic E-state index is 12.4. The van der Waals surface area contributed by atoms with Crippen LogP contribution in [-0.4, -0.2) is 46.9 Å². The van der Waals surface area contributed by atoms with Crippen molar-refractivity contribution in [3.8, 4) is 0 Å². The predicted molar refractivity (Wildman–Crippen MR) is 95.9 cm³/mol. The molecule has 1 aliphatic heterocycles. The molecule has 26 heavy (non-hydrogen) atoms. The number of carbonyl (C=O) groups excluding carboxylic acids is 1. The molecule has 1 aromatic carbocycles. The van der Waals surface area contributed by atoms with Crippen molar-refractivity contribution < 1.29 is 14.3 Å². The summed E-state index contributed by atoms with van der Waals surface area (Å²) in [5.74, 6) is -0.0507. The molecule has 2 aliphatic rings. The van der Waals surface area contributed by atoms with Gasteiger partial charge in [0.05, 0.1) is 42.7 Å². The molecule has 2 heterocycles. The van der Waals surface area contributed by atoms with E-state index in [1.165, 1.54) is 10.9 Å². The molecule has 138 valence electrons. The summed E-state index contributed by atoms with van der Waals surface area (Å²) in [6.07, 6.45) is 4.60. The third-order valence-electron chi connectivity index (χ3n) is 5.15. The zero-order valence-electron chi connectivity index (χ0n) is 14.6. The SMILES string of the molecule is O=C(CCn1cnc2ccccc2c1=O)N[C@@H]1CC[C@@H]2OCCO[C@H]2C1. The van der Waals surface area contributed by atoms with Crippen LogP contribution in [0.2, 0.25) is 0 Å². The Morgan fingerprint density at radius 3 is 2.88 bits per heavy atom. The van der Waals surface area contributed by atoms with E-state index in [9.17, 15) is 9.59 Å². The first kappa shape index (κ1) is 17.2. The molecular weight excluding hydrogens is 334 g/mol. The summed E-state index contributed by atoms with van der Waals surface area (Å²) >= 11 is 0. The second-order valence-electron chi connectivity index (χ2n) is 6.91. The molecule has 7 heteroatoms. The average Bonchev–Trinajstić information content (AvgIpc) is 2.67. The Labute approximate surface area is 151 Å². The van der Waals surface area contributed by atoms with Gasteiger partial charge in [0, 0.05) is 19.0 Å². The van der Waals surface area contributed by atoms with Crippen LogP contribution in [0.15, 0.2) is 35.4 Å². The Hall–Kier alpha value is -2.25. The number of nitrogens with zero attached hydrogens (tertiary/aromatic N) is 2. The number of aromatic nitrogens is 2. The Bertz CT molecular complexity index is 850. The van der Waals surface area contributed by atoms with Crippen LogP contribution in [0.5, 0.6) is 0 Å². The third-order valence-corrected chi connectivity index (χ3v) is 5.15. The van der Waals surface area contributed by atoms with Crippen molar-refractivity contribution >= 4 is 16.8 Å². The van der Waals surface area contributed by atoms with Gasteiger partial charge < -0.3 is 14.8 Å². The van der Waals surface area contributed by atoms with Gasteiger partial charge in [-0.3, -0.25) is 14.2 Å². The number of ether oxygens (including phenoxy) is 2. The molecule has 3 atom stereocenters. The number of fused-ring (bicyclic) bond motifs is 2. The van der Waals surface area contributed by atoms with Crippen LogP contribution < -0.4 is 10.9 Å². The number of aryl methyl sites for hydroxylation is 1. The lowest BCUT2D eigenvalue weighted by atomic mass is 9.89. The lowest BCUT2D eigenvalue weighted by molar-refractivity contribution is -0.158. The lowest BCUT2D eigenvalue weighted by Gasteiger charge is -2.39. The van der Waals surface area contributed by atoms with Crippen molar-refractivity contribution in [2.75, 3.05) is 13.2 Å². The maximum Gasteiger partial charge on any atom is 0.261 e. The highest BCUT2D eigenvalue weighted by atomic mass is 16.6. The van der Waals surface area contributed by atoms with Gasteiger partial charge in [-0.1, -0.05) is 12.1 Å². The van der Waals surface area contributed by atoms with Crippen LogP contribution in [0.1, 0.15) is 25.7 Å². The first-order valence-corrected chi connectivity index (χ1v) is 9.17. The number of benzene rings is 1. The molecular formula is C19H23N3O4. The fourth-order valence-electron chi connectivity index (χ4n) is 3.78. The number of amides is 1. The monoisotopic (exact) mass is 357 g/mol. The number of rotatable bonds is 4. The molecule has 2 aromatic rings. The zero-order chi connectivity index (χ0) is 17.9. The molecule has 1 saturated heterocycles. The van der Waals surface area contributed by atoms with E-state index in [1.807, 2.05) is 12.1 Å². The number of hydrogen-bond donors (Lipinski definition) is 1. The van der Waals surface area contributed by atoms with Gasteiger partial charge in [-0.05, 0) is 31.4 Å². The first-order valence-electron chi connectivity index (χ1n) is 9.17. The minimum atomic E-state index is -0.114. The van der Waals surface area contributed by atoms with E-state index < -0.39 is 0 Å². The summed E-state index contributed by atoms with van der Waals surface area (Å²) in [6, 6.07) is 7.34. The van der Waals surface area contributed by atoms with Crippen LogP contribution in [0.25, 0.3) is 10.9 Å². The number of carbonyl (C=O) groups is 1. The topological polar surface area (TPSA) is 82.5 Å². The quantitative estimate of drug-likeness (QED) is 0.890. The van der Waals surface area contributed by atoms with Crippen molar-refractivity contribution in [3.63, 3.8) is 0 Å². The first-order chi connectivity index (χ1) is 12.7. The van der Waals surface area contributed by atoms with Crippen molar-refractivity contribution in [3.05, 3.63) is 40.9 Å². The third kappa shape index (κ3) is 3.64. The summed E-state index contributed by atoms with van der Waals surface area (Å²) in [7, 11) is 0. The molecule has 0 spiro atoms. The van der Waals surface area contributed by atoms with E-state index in [2.05, 4.69) is 10.3 Å². The molecule has 2 fully saturated rings. The standard InChI is InChI=1S/C19H23N3O4/c23-18(21-13-5-6-16-17(11-13)26-10-9-25-16)7-8-22-12-20-15-4-2-1-3-14(15)19(22)24/h1-4,12-13,16-17H,5-11H2,(H,21,23)/t13-,16+,17+/m1/s1. The van der Waals surface area contributed by atoms with E-state index in [4.69, 9.17) is 9.47 Å². The maximum atomic E-state index is 12.4. The summed E-state index contributed by atoms with van der Waals surface area (Å²) in [6.45, 7) is 1.60. The van der Waals surface area contributed by atoms with Gasteiger partial charge in [0.25, 0.3) is 5.56 Å². The summed E-state index contributed by atoms with van der Waals surface area (Å²) in [5, 5.41) is 3.64. The second kappa shape index (κ2) is 7.55. The largest absolute Gasteiger partial charge is 0.373 e. The molecule has 7 nitrogen and oxygen atoms in total. The molecule has 0 unspecified atom stereocenters.